The molecule has 0 aromatic carbocycles. The van der Waals surface area contributed by atoms with E-state index in [9.17, 15) is 4.79 Å². The van der Waals surface area contributed by atoms with Crippen LogP contribution in [0.3, 0.4) is 0 Å². The van der Waals surface area contributed by atoms with Crippen molar-refractivity contribution in [2.24, 2.45) is 5.92 Å². The first-order chi connectivity index (χ1) is 9.69. The number of ether oxygens (including phenoxy) is 1. The van der Waals surface area contributed by atoms with Gasteiger partial charge in [-0.2, -0.15) is 4.98 Å². The molecule has 1 saturated carbocycles. The second-order valence-electron chi connectivity index (χ2n) is 5.09. The fraction of sp³-hybridized carbons (Fsp3) is 0.643. The van der Waals surface area contributed by atoms with Crippen molar-refractivity contribution >= 4 is 23.5 Å². The molecule has 6 heteroatoms. The number of amides is 1. The molecule has 0 aliphatic heterocycles. The van der Waals surface area contributed by atoms with E-state index in [0.717, 1.165) is 25.7 Å². The molecule has 1 fully saturated rings. The number of anilines is 1. The second kappa shape index (κ2) is 7.43. The van der Waals surface area contributed by atoms with Gasteiger partial charge in [0.15, 0.2) is 0 Å². The van der Waals surface area contributed by atoms with Gasteiger partial charge in [0.1, 0.15) is 5.15 Å². The van der Waals surface area contributed by atoms with Gasteiger partial charge in [0, 0.05) is 12.0 Å². The van der Waals surface area contributed by atoms with Crippen molar-refractivity contribution < 1.29 is 9.53 Å². The van der Waals surface area contributed by atoms with Crippen LogP contribution >= 0.6 is 11.6 Å². The van der Waals surface area contributed by atoms with Gasteiger partial charge in [-0.3, -0.25) is 10.1 Å². The van der Waals surface area contributed by atoms with Crippen LogP contribution in [0.4, 0.5) is 5.95 Å². The minimum absolute atomic E-state index is 0.0174. The highest BCUT2D eigenvalue weighted by Gasteiger charge is 2.20. The summed E-state index contributed by atoms with van der Waals surface area (Å²) in [5.41, 5.74) is 0. The van der Waals surface area contributed by atoms with Crippen LogP contribution in [0.1, 0.15) is 44.9 Å². The minimum atomic E-state index is -0.0174. The zero-order valence-electron chi connectivity index (χ0n) is 11.7. The fourth-order valence-electron chi connectivity index (χ4n) is 2.49. The summed E-state index contributed by atoms with van der Waals surface area (Å²) in [4.78, 5) is 20.3. The Morgan fingerprint density at radius 3 is 2.55 bits per heavy atom. The maximum Gasteiger partial charge on any atom is 0.234 e. The lowest BCUT2D eigenvalue weighted by molar-refractivity contribution is -0.120. The standard InChI is InChI=1S/C14H20ClN3O2/c1-20-12-9-11(15)16-14(17-12)18-13(19)10-7-5-3-2-4-6-8-10/h9-10H,2-8H2,1H3,(H,16,17,18,19). The van der Waals surface area contributed by atoms with E-state index < -0.39 is 0 Å². The Bertz CT molecular complexity index is 460. The summed E-state index contributed by atoms with van der Waals surface area (Å²) in [7, 11) is 1.50. The molecule has 0 spiro atoms. The van der Waals surface area contributed by atoms with Crippen LogP contribution in [0.2, 0.25) is 5.15 Å². The van der Waals surface area contributed by atoms with Gasteiger partial charge in [-0.25, -0.2) is 4.98 Å². The van der Waals surface area contributed by atoms with Crippen molar-refractivity contribution in [1.82, 2.24) is 9.97 Å². The van der Waals surface area contributed by atoms with Gasteiger partial charge in [0.25, 0.3) is 0 Å². The number of aromatic nitrogens is 2. The molecule has 2 rings (SSSR count). The molecule has 1 amide bonds. The molecular formula is C14H20ClN3O2. The normalized spacial score (nSPS) is 17.1. The van der Waals surface area contributed by atoms with Gasteiger partial charge >= 0.3 is 0 Å². The van der Waals surface area contributed by atoms with Crippen molar-refractivity contribution in [3.05, 3.63) is 11.2 Å². The van der Waals surface area contributed by atoms with Crippen molar-refractivity contribution in [2.45, 2.75) is 44.9 Å². The monoisotopic (exact) mass is 297 g/mol. The molecule has 1 aromatic rings. The summed E-state index contributed by atoms with van der Waals surface area (Å²) in [6, 6.07) is 1.51. The number of rotatable bonds is 3. The van der Waals surface area contributed by atoms with Gasteiger partial charge in [-0.05, 0) is 12.8 Å². The topological polar surface area (TPSA) is 64.1 Å². The van der Waals surface area contributed by atoms with E-state index in [1.165, 1.54) is 32.4 Å². The second-order valence-corrected chi connectivity index (χ2v) is 5.48. The molecule has 0 unspecified atom stereocenters. The van der Waals surface area contributed by atoms with E-state index in [0.29, 0.717) is 5.88 Å². The van der Waals surface area contributed by atoms with Crippen molar-refractivity contribution in [3.63, 3.8) is 0 Å². The van der Waals surface area contributed by atoms with E-state index >= 15 is 0 Å². The third kappa shape index (κ3) is 4.34. The lowest BCUT2D eigenvalue weighted by atomic mass is 9.90. The summed E-state index contributed by atoms with van der Waals surface area (Å²) in [5, 5.41) is 3.00. The SMILES string of the molecule is COc1cc(Cl)nc(NC(=O)C2CCCCCCC2)n1. The summed E-state index contributed by atoms with van der Waals surface area (Å²) in [6.07, 6.45) is 7.79. The quantitative estimate of drug-likeness (QED) is 0.868. The highest BCUT2D eigenvalue weighted by atomic mass is 35.5. The molecule has 0 saturated heterocycles. The first-order valence-electron chi connectivity index (χ1n) is 7.08. The maximum absolute atomic E-state index is 12.3. The van der Waals surface area contributed by atoms with Gasteiger partial charge < -0.3 is 4.74 Å². The highest BCUT2D eigenvalue weighted by Crippen LogP contribution is 2.24. The number of hydrogen-bond acceptors (Lipinski definition) is 4. The highest BCUT2D eigenvalue weighted by molar-refractivity contribution is 6.29. The Kier molecular flexibility index (Phi) is 5.59. The van der Waals surface area contributed by atoms with Crippen LogP contribution in [0.25, 0.3) is 0 Å². The summed E-state index contributed by atoms with van der Waals surface area (Å²) in [5.74, 6) is 0.583. The number of carbonyl (C=O) groups excluding carboxylic acids is 1. The molecule has 0 radical (unpaired) electrons. The van der Waals surface area contributed by atoms with Crippen LogP contribution in [-0.2, 0) is 4.79 Å². The Morgan fingerprint density at radius 2 is 1.90 bits per heavy atom. The van der Waals surface area contributed by atoms with E-state index in [-0.39, 0.29) is 22.9 Å². The molecule has 110 valence electrons. The Morgan fingerprint density at radius 1 is 1.25 bits per heavy atom. The lowest BCUT2D eigenvalue weighted by Gasteiger charge is -2.18. The number of nitrogens with one attached hydrogen (secondary N) is 1. The van der Waals surface area contributed by atoms with Crippen LogP contribution in [0, 0.1) is 5.92 Å². The number of halogens is 1. The zero-order chi connectivity index (χ0) is 14.4. The predicted molar refractivity (Wildman–Crippen MR) is 78.0 cm³/mol. The molecule has 1 N–H and O–H groups in total. The summed E-state index contributed by atoms with van der Waals surface area (Å²) in [6.45, 7) is 0. The van der Waals surface area contributed by atoms with Crippen LogP contribution in [0.15, 0.2) is 6.07 Å². The van der Waals surface area contributed by atoms with E-state index in [2.05, 4.69) is 15.3 Å². The first-order valence-corrected chi connectivity index (χ1v) is 7.46. The summed E-state index contributed by atoms with van der Waals surface area (Å²) < 4.78 is 5.01. The van der Waals surface area contributed by atoms with Crippen LogP contribution < -0.4 is 10.1 Å². The van der Waals surface area contributed by atoms with Gasteiger partial charge in [0.05, 0.1) is 7.11 Å². The van der Waals surface area contributed by atoms with Crippen LogP contribution in [-0.4, -0.2) is 23.0 Å². The smallest absolute Gasteiger partial charge is 0.234 e. The van der Waals surface area contributed by atoms with E-state index in [1.54, 1.807) is 0 Å². The number of hydrogen-bond donors (Lipinski definition) is 1. The van der Waals surface area contributed by atoms with E-state index in [4.69, 9.17) is 16.3 Å². The van der Waals surface area contributed by atoms with Crippen LogP contribution in [0.5, 0.6) is 5.88 Å². The Hall–Kier alpha value is -1.36. The number of methoxy groups -OCH3 is 1. The largest absolute Gasteiger partial charge is 0.481 e. The Balaban J connectivity index is 2.00. The van der Waals surface area contributed by atoms with Gasteiger partial charge in [0.2, 0.25) is 17.7 Å². The molecule has 1 aromatic heterocycles. The lowest BCUT2D eigenvalue weighted by Crippen LogP contribution is -2.24. The molecule has 0 bridgehead atoms. The predicted octanol–water partition coefficient (Wildman–Crippen LogP) is 3.44. The van der Waals surface area contributed by atoms with Crippen molar-refractivity contribution in [2.75, 3.05) is 12.4 Å². The first kappa shape index (κ1) is 15.0. The van der Waals surface area contributed by atoms with Crippen molar-refractivity contribution in [1.29, 1.82) is 0 Å². The maximum atomic E-state index is 12.3. The third-order valence-corrected chi connectivity index (χ3v) is 3.79. The van der Waals surface area contributed by atoms with Gasteiger partial charge in [-0.15, -0.1) is 0 Å². The molecular weight excluding hydrogens is 278 g/mol. The zero-order valence-corrected chi connectivity index (χ0v) is 12.4. The van der Waals surface area contributed by atoms with Crippen molar-refractivity contribution in [3.8, 4) is 5.88 Å². The van der Waals surface area contributed by atoms with Gasteiger partial charge in [-0.1, -0.05) is 43.7 Å². The fourth-order valence-corrected chi connectivity index (χ4v) is 2.66. The van der Waals surface area contributed by atoms with E-state index in [1.807, 2.05) is 0 Å². The Labute approximate surface area is 124 Å². The molecule has 1 aliphatic carbocycles. The minimum Gasteiger partial charge on any atom is -0.481 e. The molecule has 0 atom stereocenters. The summed E-state index contributed by atoms with van der Waals surface area (Å²) >= 11 is 5.86. The average molecular weight is 298 g/mol. The average Bonchev–Trinajstić information content (AvgIpc) is 2.37. The molecule has 5 nitrogen and oxygen atoms in total. The third-order valence-electron chi connectivity index (χ3n) is 3.59. The molecule has 1 heterocycles. The molecule has 1 aliphatic rings. The number of nitrogens with zero attached hydrogens (tertiary/aromatic N) is 2. The number of carbonyl (C=O) groups is 1. The molecule has 20 heavy (non-hydrogen) atoms.